The molecule has 0 spiro atoms. The van der Waals surface area contributed by atoms with E-state index in [0.29, 0.717) is 11.0 Å². The van der Waals surface area contributed by atoms with E-state index in [1.807, 2.05) is 44.2 Å². The summed E-state index contributed by atoms with van der Waals surface area (Å²) in [5.41, 5.74) is 2.15. The summed E-state index contributed by atoms with van der Waals surface area (Å²) in [5.74, 6) is -1.58. The van der Waals surface area contributed by atoms with Crippen LogP contribution in [0.5, 0.6) is 0 Å². The molecule has 4 rings (SSSR count). The lowest BCUT2D eigenvalue weighted by Gasteiger charge is -2.34. The van der Waals surface area contributed by atoms with Crippen molar-refractivity contribution in [1.82, 2.24) is 10.2 Å². The second-order valence-corrected chi connectivity index (χ2v) is 13.5. The maximum atomic E-state index is 15.0. The van der Waals surface area contributed by atoms with Crippen molar-refractivity contribution in [2.45, 2.75) is 50.6 Å². The quantitative estimate of drug-likeness (QED) is 0.150. The van der Waals surface area contributed by atoms with Crippen molar-refractivity contribution in [2.75, 3.05) is 17.4 Å². The lowest BCUT2D eigenvalue weighted by atomic mass is 10.0. The van der Waals surface area contributed by atoms with Crippen LogP contribution < -0.4 is 9.62 Å². The molecule has 4 aromatic carbocycles. The Morgan fingerprint density at radius 3 is 2.27 bits per heavy atom. The molecule has 4 aromatic rings. The van der Waals surface area contributed by atoms with Crippen molar-refractivity contribution in [2.24, 2.45) is 0 Å². The summed E-state index contributed by atoms with van der Waals surface area (Å²) in [7, 11) is -4.23. The van der Waals surface area contributed by atoms with Gasteiger partial charge in [-0.3, -0.25) is 13.9 Å². The van der Waals surface area contributed by atoms with Gasteiger partial charge in [-0.05, 0) is 55.3 Å². The van der Waals surface area contributed by atoms with Crippen LogP contribution in [0.15, 0.2) is 112 Å². The number of anilines is 1. The zero-order valence-electron chi connectivity index (χ0n) is 25.3. The molecule has 0 saturated heterocycles. The van der Waals surface area contributed by atoms with Gasteiger partial charge in [0.15, 0.2) is 0 Å². The number of benzene rings is 4. The van der Waals surface area contributed by atoms with E-state index in [1.165, 1.54) is 23.1 Å². The van der Waals surface area contributed by atoms with Gasteiger partial charge < -0.3 is 10.2 Å². The van der Waals surface area contributed by atoms with Gasteiger partial charge in [0.2, 0.25) is 11.8 Å². The minimum Gasteiger partial charge on any atom is -0.354 e. The molecule has 236 valence electrons. The number of sulfonamides is 1. The summed E-state index contributed by atoms with van der Waals surface area (Å²) < 4.78 is 44.9. The highest BCUT2D eigenvalue weighted by atomic mass is 79.9. The van der Waals surface area contributed by atoms with Crippen LogP contribution in [0.3, 0.4) is 0 Å². The fourth-order valence-electron chi connectivity index (χ4n) is 4.87. The molecule has 7 nitrogen and oxygen atoms in total. The number of aryl methyl sites for hydroxylation is 1. The van der Waals surface area contributed by atoms with Gasteiger partial charge in [-0.15, -0.1) is 0 Å². The standard InChI is InChI=1S/C35H37BrFN3O4S/c1-3-4-21-38-35(42)33(22-27-11-6-5-7-12-27)39(24-28-13-8-9-16-32(28)37)34(41)25-40(30-15-10-14-29(36)23-30)45(43,44)31-19-17-26(2)18-20-31/h5-20,23,33H,3-4,21-22,24-25H2,1-2H3,(H,38,42)/t33-/m1/s1. The fourth-order valence-corrected chi connectivity index (χ4v) is 6.66. The van der Waals surface area contributed by atoms with Crippen LogP contribution >= 0.6 is 15.9 Å². The van der Waals surface area contributed by atoms with E-state index in [4.69, 9.17) is 0 Å². The molecule has 0 fully saturated rings. The molecule has 0 heterocycles. The van der Waals surface area contributed by atoms with Gasteiger partial charge in [0.05, 0.1) is 10.6 Å². The van der Waals surface area contributed by atoms with Crippen LogP contribution in [0.1, 0.15) is 36.5 Å². The van der Waals surface area contributed by atoms with E-state index >= 15 is 4.39 Å². The smallest absolute Gasteiger partial charge is 0.264 e. The Morgan fingerprint density at radius 2 is 1.60 bits per heavy atom. The summed E-state index contributed by atoms with van der Waals surface area (Å²) >= 11 is 3.41. The van der Waals surface area contributed by atoms with Gasteiger partial charge in [-0.25, -0.2) is 12.8 Å². The van der Waals surface area contributed by atoms with Gasteiger partial charge in [-0.2, -0.15) is 0 Å². The molecule has 0 bridgehead atoms. The van der Waals surface area contributed by atoms with Crippen molar-refractivity contribution >= 4 is 43.5 Å². The molecule has 0 aliphatic heterocycles. The minimum atomic E-state index is -4.23. The molecule has 0 unspecified atom stereocenters. The molecule has 0 aliphatic rings. The Hall–Kier alpha value is -4.02. The van der Waals surface area contributed by atoms with Gasteiger partial charge in [0.1, 0.15) is 18.4 Å². The SMILES string of the molecule is CCCCNC(=O)[C@@H](Cc1ccccc1)N(Cc1ccccc1F)C(=O)CN(c1cccc(Br)c1)S(=O)(=O)c1ccc(C)cc1. The first kappa shape index (κ1) is 33.9. The van der Waals surface area contributed by atoms with Crippen molar-refractivity contribution in [1.29, 1.82) is 0 Å². The Balaban J connectivity index is 1.80. The third kappa shape index (κ3) is 9.02. The summed E-state index contributed by atoms with van der Waals surface area (Å²) in [6, 6.07) is 27.3. The van der Waals surface area contributed by atoms with Crippen LogP contribution in [0.4, 0.5) is 10.1 Å². The number of hydrogen-bond acceptors (Lipinski definition) is 4. The van der Waals surface area contributed by atoms with Crippen molar-refractivity contribution in [3.8, 4) is 0 Å². The van der Waals surface area contributed by atoms with E-state index in [1.54, 1.807) is 54.6 Å². The van der Waals surface area contributed by atoms with Gasteiger partial charge in [-0.1, -0.05) is 102 Å². The lowest BCUT2D eigenvalue weighted by Crippen LogP contribution is -2.53. The zero-order valence-corrected chi connectivity index (χ0v) is 27.7. The molecule has 0 aliphatic carbocycles. The highest BCUT2D eigenvalue weighted by Gasteiger charge is 2.35. The first-order valence-electron chi connectivity index (χ1n) is 14.8. The van der Waals surface area contributed by atoms with E-state index in [2.05, 4.69) is 21.2 Å². The summed E-state index contributed by atoms with van der Waals surface area (Å²) in [4.78, 5) is 29.5. The first-order chi connectivity index (χ1) is 21.6. The largest absolute Gasteiger partial charge is 0.354 e. The molecule has 45 heavy (non-hydrogen) atoms. The van der Waals surface area contributed by atoms with Crippen LogP contribution in [0, 0.1) is 12.7 Å². The number of nitrogens with zero attached hydrogens (tertiary/aromatic N) is 2. The minimum absolute atomic E-state index is 0.0136. The highest BCUT2D eigenvalue weighted by Crippen LogP contribution is 2.27. The second kappa shape index (κ2) is 15.8. The molecular formula is C35H37BrFN3O4S. The van der Waals surface area contributed by atoms with E-state index in [0.717, 1.165) is 28.3 Å². The predicted octanol–water partition coefficient (Wildman–Crippen LogP) is 6.65. The fraction of sp³-hybridized carbons (Fsp3) is 0.257. The molecule has 10 heteroatoms. The van der Waals surface area contributed by atoms with Gasteiger partial charge in [0.25, 0.3) is 10.0 Å². The number of unbranched alkanes of at least 4 members (excludes halogenated alkanes) is 1. The first-order valence-corrected chi connectivity index (χ1v) is 17.0. The molecular weight excluding hydrogens is 657 g/mol. The summed E-state index contributed by atoms with van der Waals surface area (Å²) in [5, 5.41) is 2.93. The average Bonchev–Trinajstić information content (AvgIpc) is 3.03. The average molecular weight is 695 g/mol. The summed E-state index contributed by atoms with van der Waals surface area (Å²) in [6.45, 7) is 3.42. The Bertz CT molecular complexity index is 1700. The highest BCUT2D eigenvalue weighted by molar-refractivity contribution is 9.10. The molecule has 2 amide bonds. The van der Waals surface area contributed by atoms with E-state index in [9.17, 15) is 18.0 Å². The number of rotatable bonds is 14. The van der Waals surface area contributed by atoms with Gasteiger partial charge in [0, 0.05) is 29.5 Å². The maximum absolute atomic E-state index is 15.0. The third-order valence-corrected chi connectivity index (χ3v) is 9.66. The van der Waals surface area contributed by atoms with Crippen LogP contribution in [0.25, 0.3) is 0 Å². The second-order valence-electron chi connectivity index (χ2n) is 10.8. The third-order valence-electron chi connectivity index (χ3n) is 7.38. The zero-order chi connectivity index (χ0) is 32.4. The number of amides is 2. The molecule has 1 atom stereocenters. The van der Waals surface area contributed by atoms with Crippen LogP contribution in [-0.4, -0.2) is 44.3 Å². The Morgan fingerprint density at radius 1 is 0.911 bits per heavy atom. The molecule has 0 saturated carbocycles. The predicted molar refractivity (Wildman–Crippen MR) is 179 cm³/mol. The Labute approximate surface area is 273 Å². The number of carbonyl (C=O) groups is 2. The van der Waals surface area contributed by atoms with E-state index in [-0.39, 0.29) is 29.1 Å². The molecule has 0 radical (unpaired) electrons. The van der Waals surface area contributed by atoms with Crippen molar-refractivity contribution in [3.05, 3.63) is 130 Å². The van der Waals surface area contributed by atoms with Crippen molar-refractivity contribution in [3.63, 3.8) is 0 Å². The maximum Gasteiger partial charge on any atom is 0.264 e. The summed E-state index contributed by atoms with van der Waals surface area (Å²) in [6.07, 6.45) is 1.76. The van der Waals surface area contributed by atoms with Crippen molar-refractivity contribution < 1.29 is 22.4 Å². The number of halogens is 2. The van der Waals surface area contributed by atoms with E-state index < -0.39 is 40.2 Å². The number of hydrogen-bond donors (Lipinski definition) is 1. The monoisotopic (exact) mass is 693 g/mol. The number of carbonyl (C=O) groups excluding carboxylic acids is 2. The molecule has 1 N–H and O–H groups in total. The van der Waals surface area contributed by atoms with Gasteiger partial charge >= 0.3 is 0 Å². The molecule has 0 aromatic heterocycles. The topological polar surface area (TPSA) is 86.8 Å². The van der Waals surface area contributed by atoms with Crippen LogP contribution in [0.2, 0.25) is 0 Å². The number of nitrogens with one attached hydrogen (secondary N) is 1. The normalized spacial score (nSPS) is 11.9. The van der Waals surface area contributed by atoms with Crippen LogP contribution in [-0.2, 0) is 32.6 Å². The lowest BCUT2D eigenvalue weighted by molar-refractivity contribution is -0.140. The Kier molecular flexibility index (Phi) is 11.9.